The second-order valence-corrected chi connectivity index (χ2v) is 4.48. The van der Waals surface area contributed by atoms with Crippen molar-refractivity contribution in [3.63, 3.8) is 0 Å². The van der Waals surface area contributed by atoms with Gasteiger partial charge in [0.15, 0.2) is 5.82 Å². The zero-order chi connectivity index (χ0) is 13.7. The minimum absolute atomic E-state index is 0.196. The molecule has 1 aromatic carbocycles. The Hall–Kier alpha value is -1.88. The van der Waals surface area contributed by atoms with Gasteiger partial charge < -0.3 is 9.84 Å². The lowest BCUT2D eigenvalue weighted by Crippen LogP contribution is -2.23. The predicted molar refractivity (Wildman–Crippen MR) is 70.9 cm³/mol. The highest BCUT2D eigenvalue weighted by Gasteiger charge is 2.08. The van der Waals surface area contributed by atoms with Crippen LogP contribution in [0.25, 0.3) is 0 Å². The van der Waals surface area contributed by atoms with Crippen LogP contribution in [0.3, 0.4) is 0 Å². The van der Waals surface area contributed by atoms with Crippen molar-refractivity contribution >= 4 is 17.5 Å². The minimum Gasteiger partial charge on any atom is -0.345 e. The normalized spacial score (nSPS) is 10.4. The van der Waals surface area contributed by atoms with E-state index in [2.05, 4.69) is 15.5 Å². The fraction of sp³-hybridized carbons (Fsp3) is 0.308. The number of hydrogen-bond donors (Lipinski definition) is 1. The number of amides is 1. The van der Waals surface area contributed by atoms with Gasteiger partial charge in [0.25, 0.3) is 5.91 Å². The maximum Gasteiger partial charge on any atom is 0.251 e. The Labute approximate surface area is 116 Å². The first-order valence-electron chi connectivity index (χ1n) is 6.04. The van der Waals surface area contributed by atoms with E-state index in [0.29, 0.717) is 22.3 Å². The number of aryl methyl sites for hydroxylation is 1. The average molecular weight is 280 g/mol. The van der Waals surface area contributed by atoms with Gasteiger partial charge in [0.1, 0.15) is 0 Å². The lowest BCUT2D eigenvalue weighted by molar-refractivity contribution is 0.0949. The van der Waals surface area contributed by atoms with Gasteiger partial charge in [-0.25, -0.2) is 0 Å². The van der Waals surface area contributed by atoms with Gasteiger partial charge in [0, 0.05) is 17.0 Å². The molecule has 0 atom stereocenters. The summed E-state index contributed by atoms with van der Waals surface area (Å²) in [7, 11) is 0. The first-order chi connectivity index (χ1) is 9.19. The number of nitrogens with one attached hydrogen (secondary N) is 1. The molecule has 0 unspecified atom stereocenters. The molecule has 1 heterocycles. The summed E-state index contributed by atoms with van der Waals surface area (Å²) in [5.74, 6) is 0.877. The number of nitrogens with zero attached hydrogens (tertiary/aromatic N) is 2. The zero-order valence-corrected chi connectivity index (χ0v) is 11.3. The molecule has 6 heteroatoms. The number of carbonyl (C=O) groups excluding carboxylic acids is 1. The van der Waals surface area contributed by atoms with Gasteiger partial charge >= 0.3 is 0 Å². The highest BCUT2D eigenvalue weighted by molar-refractivity contribution is 6.30. The van der Waals surface area contributed by atoms with Crippen molar-refractivity contribution in [1.29, 1.82) is 0 Å². The van der Waals surface area contributed by atoms with Crippen LogP contribution >= 0.6 is 11.6 Å². The van der Waals surface area contributed by atoms with E-state index in [1.807, 2.05) is 6.92 Å². The summed E-state index contributed by atoms with van der Waals surface area (Å²) in [6.45, 7) is 2.28. The molecule has 2 aromatic rings. The van der Waals surface area contributed by atoms with Gasteiger partial charge in [0.2, 0.25) is 5.89 Å². The largest absolute Gasteiger partial charge is 0.345 e. The van der Waals surface area contributed by atoms with Gasteiger partial charge in [-0.15, -0.1) is 0 Å². The van der Waals surface area contributed by atoms with Gasteiger partial charge in [-0.1, -0.05) is 23.7 Å². The van der Waals surface area contributed by atoms with E-state index in [9.17, 15) is 4.79 Å². The first kappa shape index (κ1) is 13.5. The van der Waals surface area contributed by atoms with Gasteiger partial charge in [-0.05, 0) is 30.7 Å². The Kier molecular flexibility index (Phi) is 4.52. The molecule has 0 radical (unpaired) electrons. The smallest absolute Gasteiger partial charge is 0.251 e. The molecule has 0 saturated heterocycles. The van der Waals surface area contributed by atoms with Crippen LogP contribution in [0.2, 0.25) is 5.02 Å². The minimum atomic E-state index is -0.196. The highest BCUT2D eigenvalue weighted by atomic mass is 35.5. The van der Waals surface area contributed by atoms with Crippen LogP contribution in [-0.2, 0) is 13.0 Å². The summed E-state index contributed by atoms with van der Waals surface area (Å²) >= 11 is 5.76. The molecule has 0 spiro atoms. The predicted octanol–water partition coefficient (Wildman–Crippen LogP) is 2.61. The molecule has 2 rings (SSSR count). The van der Waals surface area contributed by atoms with Crippen LogP contribution in [0, 0.1) is 0 Å². The third-order valence-electron chi connectivity index (χ3n) is 2.49. The molecule has 0 aliphatic heterocycles. The Bertz CT molecular complexity index is 551. The van der Waals surface area contributed by atoms with Crippen LogP contribution in [0.1, 0.15) is 35.4 Å². The van der Waals surface area contributed by atoms with E-state index in [1.54, 1.807) is 24.3 Å². The van der Waals surface area contributed by atoms with Crippen molar-refractivity contribution in [1.82, 2.24) is 15.5 Å². The molecular weight excluding hydrogens is 266 g/mol. The first-order valence-corrected chi connectivity index (χ1v) is 6.42. The van der Waals surface area contributed by atoms with Crippen LogP contribution < -0.4 is 5.32 Å². The maximum absolute atomic E-state index is 11.8. The molecular formula is C13H14ClN3O2. The van der Waals surface area contributed by atoms with E-state index < -0.39 is 0 Å². The van der Waals surface area contributed by atoms with Crippen LogP contribution in [0.5, 0.6) is 0 Å². The van der Waals surface area contributed by atoms with Crippen molar-refractivity contribution in [3.8, 4) is 0 Å². The van der Waals surface area contributed by atoms with Crippen LogP contribution in [-0.4, -0.2) is 16.0 Å². The molecule has 19 heavy (non-hydrogen) atoms. The number of aromatic nitrogens is 2. The fourth-order valence-electron chi connectivity index (χ4n) is 1.54. The highest BCUT2D eigenvalue weighted by Crippen LogP contribution is 2.09. The van der Waals surface area contributed by atoms with Gasteiger partial charge in [0.05, 0.1) is 6.54 Å². The third kappa shape index (κ3) is 3.79. The topological polar surface area (TPSA) is 68.0 Å². The summed E-state index contributed by atoms with van der Waals surface area (Å²) in [6, 6.07) is 6.67. The van der Waals surface area contributed by atoms with Gasteiger partial charge in [-0.2, -0.15) is 4.98 Å². The molecule has 0 bridgehead atoms. The number of hydrogen-bond acceptors (Lipinski definition) is 4. The molecule has 1 N–H and O–H groups in total. The van der Waals surface area contributed by atoms with E-state index in [-0.39, 0.29) is 12.5 Å². The summed E-state index contributed by atoms with van der Waals surface area (Å²) in [4.78, 5) is 16.0. The van der Waals surface area contributed by atoms with Crippen LogP contribution in [0.15, 0.2) is 28.8 Å². The molecule has 0 fully saturated rings. The lowest BCUT2D eigenvalue weighted by atomic mass is 10.2. The molecule has 5 nitrogen and oxygen atoms in total. The summed E-state index contributed by atoms with van der Waals surface area (Å²) in [5, 5.41) is 7.11. The summed E-state index contributed by atoms with van der Waals surface area (Å²) < 4.78 is 5.03. The Morgan fingerprint density at radius 1 is 1.37 bits per heavy atom. The fourth-order valence-corrected chi connectivity index (χ4v) is 1.67. The van der Waals surface area contributed by atoms with Crippen molar-refractivity contribution < 1.29 is 9.32 Å². The SMILES string of the molecule is CCCc1nc(CNC(=O)c2ccc(Cl)cc2)no1. The number of carbonyl (C=O) groups is 1. The van der Waals surface area contributed by atoms with E-state index in [1.165, 1.54) is 0 Å². The molecule has 1 aromatic heterocycles. The molecule has 0 saturated carbocycles. The molecule has 0 aliphatic carbocycles. The monoisotopic (exact) mass is 279 g/mol. The Morgan fingerprint density at radius 3 is 2.79 bits per heavy atom. The van der Waals surface area contributed by atoms with E-state index >= 15 is 0 Å². The van der Waals surface area contributed by atoms with Gasteiger partial charge in [-0.3, -0.25) is 4.79 Å². The Balaban J connectivity index is 1.90. The number of halogens is 1. The molecule has 100 valence electrons. The lowest BCUT2D eigenvalue weighted by Gasteiger charge is -2.02. The molecule has 1 amide bonds. The number of benzene rings is 1. The maximum atomic E-state index is 11.8. The van der Waals surface area contributed by atoms with Crippen LogP contribution in [0.4, 0.5) is 0 Å². The van der Waals surface area contributed by atoms with Crippen molar-refractivity contribution in [3.05, 3.63) is 46.6 Å². The average Bonchev–Trinajstić information content (AvgIpc) is 2.85. The quantitative estimate of drug-likeness (QED) is 0.913. The van der Waals surface area contributed by atoms with Crippen molar-refractivity contribution in [2.45, 2.75) is 26.3 Å². The van der Waals surface area contributed by atoms with Crippen molar-refractivity contribution in [2.24, 2.45) is 0 Å². The summed E-state index contributed by atoms with van der Waals surface area (Å²) in [6.07, 6.45) is 1.69. The zero-order valence-electron chi connectivity index (χ0n) is 10.5. The second kappa shape index (κ2) is 6.33. The Morgan fingerprint density at radius 2 is 2.11 bits per heavy atom. The van der Waals surface area contributed by atoms with E-state index in [4.69, 9.17) is 16.1 Å². The second-order valence-electron chi connectivity index (χ2n) is 4.04. The number of rotatable bonds is 5. The van der Waals surface area contributed by atoms with E-state index in [0.717, 1.165) is 12.8 Å². The third-order valence-corrected chi connectivity index (χ3v) is 2.74. The standard InChI is InChI=1S/C13H14ClN3O2/c1-2-3-12-16-11(17-19-12)8-15-13(18)9-4-6-10(14)7-5-9/h4-7H,2-3,8H2,1H3,(H,15,18). The summed E-state index contributed by atoms with van der Waals surface area (Å²) in [5.41, 5.74) is 0.543. The molecule has 0 aliphatic rings. The van der Waals surface area contributed by atoms with Crippen molar-refractivity contribution in [2.75, 3.05) is 0 Å².